The van der Waals surface area contributed by atoms with Crippen molar-refractivity contribution in [1.29, 1.82) is 0 Å². The minimum absolute atomic E-state index is 0.0644. The van der Waals surface area contributed by atoms with Crippen LogP contribution in [-0.2, 0) is 10.3 Å². The van der Waals surface area contributed by atoms with E-state index in [1.807, 2.05) is 84.9 Å². The fourth-order valence-corrected chi connectivity index (χ4v) is 4.72. The van der Waals surface area contributed by atoms with Gasteiger partial charge in [-0.05, 0) is 29.3 Å². The number of benzene rings is 4. The Morgan fingerprint density at radius 2 is 1.37 bits per heavy atom. The molecule has 5 rings (SSSR count). The van der Waals surface area contributed by atoms with E-state index < -0.39 is 17.8 Å². The average molecular weight is 468 g/mol. The number of methoxy groups -OCH3 is 2. The lowest BCUT2D eigenvalue weighted by atomic mass is 9.78. The molecule has 2 N–H and O–H groups in total. The highest BCUT2D eigenvalue weighted by atomic mass is 16.5. The Labute approximate surface area is 203 Å². The monoisotopic (exact) mass is 467 g/mol. The van der Waals surface area contributed by atoms with Crippen molar-refractivity contribution in [1.82, 2.24) is 0 Å². The summed E-state index contributed by atoms with van der Waals surface area (Å²) in [4.78, 5) is 12.3. The second-order valence-corrected chi connectivity index (χ2v) is 8.20. The summed E-state index contributed by atoms with van der Waals surface area (Å²) in [5.74, 6) is -0.334. The molecule has 0 spiro atoms. The van der Waals surface area contributed by atoms with Crippen LogP contribution in [0.15, 0.2) is 97.1 Å². The number of carbonyl (C=O) groups is 1. The van der Waals surface area contributed by atoms with Crippen molar-refractivity contribution in [3.05, 3.63) is 125 Å². The van der Waals surface area contributed by atoms with E-state index in [0.29, 0.717) is 17.1 Å². The van der Waals surface area contributed by atoms with Crippen LogP contribution in [0.4, 0.5) is 5.69 Å². The molecule has 0 amide bonds. The molecule has 1 aliphatic heterocycles. The molecule has 6 nitrogen and oxygen atoms in total. The first-order chi connectivity index (χ1) is 17.1. The number of fused-ring (bicyclic) bond motifs is 1. The first-order valence-electron chi connectivity index (χ1n) is 11.2. The minimum Gasteiger partial charge on any atom is -0.493 e. The van der Waals surface area contributed by atoms with Gasteiger partial charge in [0.25, 0.3) is 0 Å². The van der Waals surface area contributed by atoms with Crippen LogP contribution in [0.3, 0.4) is 0 Å². The number of hydrogen-bond donors (Lipinski definition) is 2. The molecule has 1 atom stereocenters. The van der Waals surface area contributed by atoms with Gasteiger partial charge in [0.15, 0.2) is 17.7 Å². The van der Waals surface area contributed by atoms with Gasteiger partial charge < -0.3 is 24.6 Å². The van der Waals surface area contributed by atoms with E-state index in [9.17, 15) is 9.90 Å². The Balaban J connectivity index is 1.79. The fraction of sp³-hybridized carbons (Fsp3) is 0.138. The number of hydrogen-bond acceptors (Lipinski definition) is 5. The maximum Gasteiger partial charge on any atom is 0.336 e. The molecule has 4 aromatic rings. The zero-order valence-corrected chi connectivity index (χ0v) is 19.4. The van der Waals surface area contributed by atoms with Gasteiger partial charge in [-0.1, -0.05) is 78.9 Å². The quantitative estimate of drug-likeness (QED) is 0.371. The Bertz CT molecular complexity index is 1310. The first-order valence-corrected chi connectivity index (χ1v) is 11.2. The standard InChI is InChI=1S/C29H25NO5/c1-33-25-17-21(22(28(31)32)18-26(25)34-2)27-30-24-16-10-9-15-23(24)29(35-27,19-11-5-3-6-12-19)20-13-7-4-8-14-20/h3-18,27,30H,1-2H3,(H,31,32). The van der Waals surface area contributed by atoms with E-state index >= 15 is 0 Å². The largest absolute Gasteiger partial charge is 0.493 e. The Hall–Kier alpha value is -4.29. The lowest BCUT2D eigenvalue weighted by Crippen LogP contribution is -2.41. The summed E-state index contributed by atoms with van der Waals surface area (Å²) in [5.41, 5.74) is 3.16. The molecule has 0 aromatic heterocycles. The third-order valence-corrected chi connectivity index (χ3v) is 6.32. The lowest BCUT2D eigenvalue weighted by Gasteiger charge is -2.44. The van der Waals surface area contributed by atoms with Crippen LogP contribution in [0, 0.1) is 0 Å². The Morgan fingerprint density at radius 3 is 1.94 bits per heavy atom. The van der Waals surface area contributed by atoms with Crippen LogP contribution in [0.25, 0.3) is 0 Å². The summed E-state index contributed by atoms with van der Waals surface area (Å²) in [5, 5.41) is 13.5. The second kappa shape index (κ2) is 9.16. The summed E-state index contributed by atoms with van der Waals surface area (Å²) >= 11 is 0. The van der Waals surface area contributed by atoms with Crippen LogP contribution >= 0.6 is 0 Å². The zero-order valence-electron chi connectivity index (χ0n) is 19.4. The molecule has 176 valence electrons. The summed E-state index contributed by atoms with van der Waals surface area (Å²) < 4.78 is 17.8. The summed E-state index contributed by atoms with van der Waals surface area (Å²) in [6.07, 6.45) is -0.795. The number of para-hydroxylation sites is 1. The predicted molar refractivity (Wildman–Crippen MR) is 133 cm³/mol. The molecule has 0 radical (unpaired) electrons. The van der Waals surface area contributed by atoms with Crippen molar-refractivity contribution in [3.8, 4) is 11.5 Å². The normalized spacial score (nSPS) is 16.0. The molecular weight excluding hydrogens is 442 g/mol. The van der Waals surface area contributed by atoms with Crippen molar-refractivity contribution in [2.45, 2.75) is 11.8 Å². The van der Waals surface area contributed by atoms with Crippen molar-refractivity contribution in [3.63, 3.8) is 0 Å². The van der Waals surface area contributed by atoms with Gasteiger partial charge in [-0.15, -0.1) is 0 Å². The number of nitrogens with one attached hydrogen (secondary N) is 1. The van der Waals surface area contributed by atoms with Gasteiger partial charge in [0.1, 0.15) is 5.60 Å². The summed E-state index contributed by atoms with van der Waals surface area (Å²) in [6, 6.07) is 31.0. The van der Waals surface area contributed by atoms with Crippen molar-refractivity contribution in [2.24, 2.45) is 0 Å². The van der Waals surface area contributed by atoms with Gasteiger partial charge in [0, 0.05) is 16.8 Å². The lowest BCUT2D eigenvalue weighted by molar-refractivity contribution is -0.0437. The molecule has 4 aromatic carbocycles. The van der Waals surface area contributed by atoms with Crippen LogP contribution in [0.5, 0.6) is 11.5 Å². The topological polar surface area (TPSA) is 77.0 Å². The van der Waals surface area contributed by atoms with E-state index in [-0.39, 0.29) is 5.56 Å². The Morgan fingerprint density at radius 1 is 0.829 bits per heavy atom. The molecule has 0 bridgehead atoms. The van der Waals surface area contributed by atoms with Crippen LogP contribution in [0.1, 0.15) is 38.8 Å². The highest BCUT2D eigenvalue weighted by Crippen LogP contribution is 2.51. The molecule has 1 unspecified atom stereocenters. The molecule has 1 aliphatic rings. The van der Waals surface area contributed by atoms with Gasteiger partial charge in [-0.3, -0.25) is 0 Å². The molecule has 0 saturated heterocycles. The summed E-state index contributed by atoms with van der Waals surface area (Å²) in [6.45, 7) is 0. The molecule has 0 saturated carbocycles. The van der Waals surface area contributed by atoms with Crippen LogP contribution < -0.4 is 14.8 Å². The van der Waals surface area contributed by atoms with E-state index in [0.717, 1.165) is 22.4 Å². The van der Waals surface area contributed by atoms with Crippen molar-refractivity contribution < 1.29 is 24.1 Å². The fourth-order valence-electron chi connectivity index (χ4n) is 4.72. The molecular formula is C29H25NO5. The minimum atomic E-state index is -1.09. The number of aromatic carboxylic acids is 1. The second-order valence-electron chi connectivity index (χ2n) is 8.20. The highest BCUT2D eigenvalue weighted by Gasteiger charge is 2.45. The number of carboxylic acids is 1. The molecule has 1 heterocycles. The molecule has 35 heavy (non-hydrogen) atoms. The SMILES string of the molecule is COc1cc(C(=O)O)c(C2Nc3ccccc3C(c3ccccc3)(c3ccccc3)O2)cc1OC. The number of ether oxygens (including phenoxy) is 3. The zero-order chi connectivity index (χ0) is 24.4. The maximum atomic E-state index is 12.3. The van der Waals surface area contributed by atoms with E-state index in [4.69, 9.17) is 14.2 Å². The average Bonchev–Trinajstić information content (AvgIpc) is 2.92. The maximum absolute atomic E-state index is 12.3. The smallest absolute Gasteiger partial charge is 0.336 e. The van der Waals surface area contributed by atoms with Gasteiger partial charge >= 0.3 is 5.97 Å². The van der Waals surface area contributed by atoms with Gasteiger partial charge in [-0.2, -0.15) is 0 Å². The van der Waals surface area contributed by atoms with Crippen LogP contribution in [0.2, 0.25) is 0 Å². The summed E-state index contributed by atoms with van der Waals surface area (Å²) in [7, 11) is 3.00. The van der Waals surface area contributed by atoms with E-state index in [1.165, 1.54) is 20.3 Å². The third kappa shape index (κ3) is 3.78. The third-order valence-electron chi connectivity index (χ3n) is 6.32. The Kier molecular flexibility index (Phi) is 5.89. The van der Waals surface area contributed by atoms with Crippen molar-refractivity contribution >= 4 is 11.7 Å². The van der Waals surface area contributed by atoms with Gasteiger partial charge in [-0.25, -0.2) is 4.79 Å². The predicted octanol–water partition coefficient (Wildman–Crippen LogP) is 5.83. The molecule has 0 fully saturated rings. The highest BCUT2D eigenvalue weighted by molar-refractivity contribution is 5.91. The van der Waals surface area contributed by atoms with Crippen molar-refractivity contribution in [2.75, 3.05) is 19.5 Å². The van der Waals surface area contributed by atoms with Gasteiger partial charge in [0.2, 0.25) is 0 Å². The van der Waals surface area contributed by atoms with Crippen LogP contribution in [-0.4, -0.2) is 25.3 Å². The number of rotatable bonds is 6. The van der Waals surface area contributed by atoms with E-state index in [1.54, 1.807) is 6.07 Å². The first kappa shape index (κ1) is 22.5. The molecule has 0 aliphatic carbocycles. The van der Waals surface area contributed by atoms with Gasteiger partial charge in [0.05, 0.1) is 19.8 Å². The number of anilines is 1. The van der Waals surface area contributed by atoms with E-state index in [2.05, 4.69) is 5.32 Å². The number of carboxylic acid groups (broad SMARTS) is 1. The molecule has 6 heteroatoms.